The number of hydrogen-bond donors (Lipinski definition) is 2. The molecule has 0 aromatic heterocycles. The van der Waals surface area contributed by atoms with Gasteiger partial charge in [-0.3, -0.25) is 9.59 Å². The van der Waals surface area contributed by atoms with Gasteiger partial charge >= 0.3 is 0 Å². The molecule has 0 spiro atoms. The lowest BCUT2D eigenvalue weighted by Gasteiger charge is -2.14. The molecule has 170 valence electrons. The topological polar surface area (TPSA) is 89.0 Å². The highest BCUT2D eigenvalue weighted by Crippen LogP contribution is 2.33. The Kier molecular flexibility index (Phi) is 8.42. The summed E-state index contributed by atoms with van der Waals surface area (Å²) < 4.78 is 11.9. The van der Waals surface area contributed by atoms with Crippen molar-refractivity contribution in [3.63, 3.8) is 0 Å². The molecule has 7 nitrogen and oxygen atoms in total. The molecule has 2 amide bonds. The largest absolute Gasteiger partial charge is 0.493 e. The maximum absolute atomic E-state index is 12.4. The van der Waals surface area contributed by atoms with Crippen LogP contribution in [0.3, 0.4) is 0 Å². The minimum Gasteiger partial charge on any atom is -0.493 e. The first-order valence-electron chi connectivity index (χ1n) is 10.1. The molecule has 0 fully saturated rings. The van der Waals surface area contributed by atoms with E-state index >= 15 is 0 Å². The van der Waals surface area contributed by atoms with Crippen molar-refractivity contribution in [3.8, 4) is 11.5 Å². The normalized spacial score (nSPS) is 10.7. The number of nitrogens with zero attached hydrogens (tertiary/aromatic N) is 1. The Morgan fingerprint density at radius 1 is 1.06 bits per heavy atom. The zero-order valence-corrected chi connectivity index (χ0v) is 20.7. The molecule has 0 saturated carbocycles. The van der Waals surface area contributed by atoms with E-state index in [1.807, 2.05) is 44.2 Å². The Bertz CT molecular complexity index is 1180. The molecular formula is C25H24IN3O4. The summed E-state index contributed by atoms with van der Waals surface area (Å²) in [5.41, 5.74) is 6.58. The summed E-state index contributed by atoms with van der Waals surface area (Å²) >= 11 is 2.10. The van der Waals surface area contributed by atoms with Crippen molar-refractivity contribution in [2.24, 2.45) is 5.10 Å². The second kappa shape index (κ2) is 11.5. The number of hydrazone groups is 1. The number of anilines is 1. The van der Waals surface area contributed by atoms with Gasteiger partial charge < -0.3 is 14.8 Å². The van der Waals surface area contributed by atoms with Crippen molar-refractivity contribution < 1.29 is 19.1 Å². The fourth-order valence-electron chi connectivity index (χ4n) is 3.05. The summed E-state index contributed by atoms with van der Waals surface area (Å²) in [6.07, 6.45) is 1.52. The number of benzene rings is 3. The van der Waals surface area contributed by atoms with Gasteiger partial charge in [-0.15, -0.1) is 0 Å². The number of carbonyl (C=O) groups excluding carboxylic acids is 2. The Labute approximate surface area is 206 Å². The van der Waals surface area contributed by atoms with E-state index in [4.69, 9.17) is 9.47 Å². The first kappa shape index (κ1) is 24.2. The zero-order valence-electron chi connectivity index (χ0n) is 18.5. The van der Waals surface area contributed by atoms with Crippen molar-refractivity contribution in [1.82, 2.24) is 5.43 Å². The maximum Gasteiger partial charge on any atom is 0.271 e. The van der Waals surface area contributed by atoms with Crippen LogP contribution in [-0.2, 0) is 4.79 Å². The number of methoxy groups -OCH3 is 1. The van der Waals surface area contributed by atoms with E-state index in [1.165, 1.54) is 13.3 Å². The van der Waals surface area contributed by atoms with Crippen LogP contribution in [0.2, 0.25) is 0 Å². The maximum atomic E-state index is 12.4. The van der Waals surface area contributed by atoms with Gasteiger partial charge in [0.1, 0.15) is 0 Å². The van der Waals surface area contributed by atoms with E-state index in [2.05, 4.69) is 38.4 Å². The predicted octanol–water partition coefficient (Wildman–Crippen LogP) is 4.70. The zero-order chi connectivity index (χ0) is 23.8. The van der Waals surface area contributed by atoms with Crippen molar-refractivity contribution >= 4 is 46.3 Å². The molecule has 33 heavy (non-hydrogen) atoms. The Morgan fingerprint density at radius 2 is 1.82 bits per heavy atom. The lowest BCUT2D eigenvalue weighted by Crippen LogP contribution is -2.21. The van der Waals surface area contributed by atoms with E-state index in [0.717, 1.165) is 20.4 Å². The molecule has 2 N–H and O–H groups in total. The lowest BCUT2D eigenvalue weighted by atomic mass is 10.1. The van der Waals surface area contributed by atoms with Crippen LogP contribution >= 0.6 is 22.6 Å². The van der Waals surface area contributed by atoms with Crippen LogP contribution < -0.4 is 20.2 Å². The smallest absolute Gasteiger partial charge is 0.271 e. The van der Waals surface area contributed by atoms with Gasteiger partial charge in [0.15, 0.2) is 18.1 Å². The monoisotopic (exact) mass is 557 g/mol. The Balaban J connectivity index is 1.63. The number of halogens is 1. The number of nitrogens with one attached hydrogen (secondary N) is 2. The molecule has 3 aromatic rings. The summed E-state index contributed by atoms with van der Waals surface area (Å²) in [5, 5.41) is 6.87. The third-order valence-corrected chi connectivity index (χ3v) is 5.47. The molecule has 3 aromatic carbocycles. The number of amides is 2. The molecule has 0 heterocycles. The minimum atomic E-state index is -0.303. The van der Waals surface area contributed by atoms with E-state index < -0.39 is 0 Å². The number of hydrogen-bond acceptors (Lipinski definition) is 5. The van der Waals surface area contributed by atoms with Crippen molar-refractivity contribution in [2.75, 3.05) is 19.0 Å². The lowest BCUT2D eigenvalue weighted by molar-refractivity contribution is -0.118. The number of rotatable bonds is 8. The van der Waals surface area contributed by atoms with Crippen molar-refractivity contribution in [1.29, 1.82) is 0 Å². The number of ether oxygens (including phenoxy) is 2. The van der Waals surface area contributed by atoms with Gasteiger partial charge in [0.2, 0.25) is 0 Å². The third kappa shape index (κ3) is 6.79. The van der Waals surface area contributed by atoms with Crippen LogP contribution in [0.4, 0.5) is 5.69 Å². The highest BCUT2D eigenvalue weighted by atomic mass is 127. The molecule has 0 atom stereocenters. The average Bonchev–Trinajstić information content (AvgIpc) is 2.80. The fourth-order valence-corrected chi connectivity index (χ4v) is 3.83. The molecule has 0 radical (unpaired) electrons. The summed E-state index contributed by atoms with van der Waals surface area (Å²) in [6, 6.07) is 18.2. The standard InChI is InChI=1S/C25H24IN3O4/c1-16-9-10-21(17(2)11-16)28-23(30)15-33-24-20(26)12-18(13-22(24)32-3)14-27-29-25(31)19-7-5-4-6-8-19/h4-14H,15H2,1-3H3,(H,28,30)(H,29,31)/b27-14+. The van der Waals surface area contributed by atoms with Crippen LogP contribution in [0, 0.1) is 17.4 Å². The summed E-state index contributed by atoms with van der Waals surface area (Å²) in [4.78, 5) is 24.5. The van der Waals surface area contributed by atoms with Gasteiger partial charge in [-0.2, -0.15) is 5.10 Å². The van der Waals surface area contributed by atoms with Crippen LogP contribution in [0.15, 0.2) is 65.8 Å². The Morgan fingerprint density at radius 3 is 2.52 bits per heavy atom. The fraction of sp³-hybridized carbons (Fsp3) is 0.160. The highest BCUT2D eigenvalue weighted by molar-refractivity contribution is 14.1. The molecular weight excluding hydrogens is 533 g/mol. The van der Waals surface area contributed by atoms with Gasteiger partial charge in [-0.05, 0) is 77.9 Å². The molecule has 0 unspecified atom stereocenters. The summed E-state index contributed by atoms with van der Waals surface area (Å²) in [6.45, 7) is 3.78. The second-order valence-corrected chi connectivity index (χ2v) is 8.42. The first-order valence-corrected chi connectivity index (χ1v) is 11.2. The molecule has 0 bridgehead atoms. The summed E-state index contributed by atoms with van der Waals surface area (Å²) in [5.74, 6) is 0.341. The van der Waals surface area contributed by atoms with Gasteiger partial charge in [0, 0.05) is 11.3 Å². The van der Waals surface area contributed by atoms with Gasteiger partial charge in [-0.25, -0.2) is 5.43 Å². The number of carbonyl (C=O) groups is 2. The SMILES string of the molecule is COc1cc(/C=N/NC(=O)c2ccccc2)cc(I)c1OCC(=O)Nc1ccc(C)cc1C. The van der Waals surface area contributed by atoms with Crippen molar-refractivity contribution in [2.45, 2.75) is 13.8 Å². The molecule has 0 aliphatic heterocycles. The highest BCUT2D eigenvalue weighted by Gasteiger charge is 2.14. The van der Waals surface area contributed by atoms with Crippen LogP contribution in [0.5, 0.6) is 11.5 Å². The quantitative estimate of drug-likeness (QED) is 0.239. The van der Waals surface area contributed by atoms with Gasteiger partial charge in [-0.1, -0.05) is 35.9 Å². The minimum absolute atomic E-state index is 0.166. The van der Waals surface area contributed by atoms with E-state index in [1.54, 1.807) is 30.3 Å². The summed E-state index contributed by atoms with van der Waals surface area (Å²) in [7, 11) is 1.52. The molecule has 0 aliphatic rings. The predicted molar refractivity (Wildman–Crippen MR) is 137 cm³/mol. The molecule has 3 rings (SSSR count). The van der Waals surface area contributed by atoms with Gasteiger partial charge in [0.05, 0.1) is 16.9 Å². The Hall–Kier alpha value is -3.40. The molecule has 0 aliphatic carbocycles. The van der Waals surface area contributed by atoms with E-state index in [9.17, 15) is 9.59 Å². The molecule has 0 saturated heterocycles. The van der Waals surface area contributed by atoms with Gasteiger partial charge in [0.25, 0.3) is 11.8 Å². The second-order valence-electron chi connectivity index (χ2n) is 7.25. The molecule has 8 heteroatoms. The van der Waals surface area contributed by atoms with E-state index in [-0.39, 0.29) is 18.4 Å². The van der Waals surface area contributed by atoms with Crippen LogP contribution in [-0.4, -0.2) is 31.7 Å². The average molecular weight is 557 g/mol. The third-order valence-electron chi connectivity index (χ3n) is 4.67. The van der Waals surface area contributed by atoms with Crippen LogP contribution in [0.1, 0.15) is 27.0 Å². The number of aryl methyl sites for hydroxylation is 2. The van der Waals surface area contributed by atoms with E-state index in [0.29, 0.717) is 22.6 Å². The first-order chi connectivity index (χ1) is 15.9. The van der Waals surface area contributed by atoms with Crippen LogP contribution in [0.25, 0.3) is 0 Å². The van der Waals surface area contributed by atoms with Crippen molar-refractivity contribution in [3.05, 3.63) is 86.5 Å².